The molecule has 156 valence electrons. The van der Waals surface area contributed by atoms with E-state index in [1.165, 1.54) is 37.9 Å². The van der Waals surface area contributed by atoms with Gasteiger partial charge in [-0.05, 0) is 50.5 Å². The maximum absolute atomic E-state index is 12.7. The molecule has 1 aromatic rings. The summed E-state index contributed by atoms with van der Waals surface area (Å²) in [4.78, 5) is 15.0. The molecule has 1 saturated heterocycles. The van der Waals surface area contributed by atoms with Gasteiger partial charge >= 0.3 is 0 Å². The number of fused-ring (bicyclic) bond motifs is 1. The number of rotatable bonds is 4. The van der Waals surface area contributed by atoms with Crippen LogP contribution in [0.4, 0.5) is 0 Å². The van der Waals surface area contributed by atoms with E-state index in [0.717, 1.165) is 51.1 Å². The molecule has 1 aromatic heterocycles. The van der Waals surface area contributed by atoms with Crippen molar-refractivity contribution in [1.29, 1.82) is 0 Å². The minimum atomic E-state index is 0.201. The lowest BCUT2D eigenvalue weighted by Crippen LogP contribution is -2.48. The van der Waals surface area contributed by atoms with Crippen molar-refractivity contribution in [2.24, 2.45) is 11.8 Å². The maximum atomic E-state index is 12.7. The first-order valence-corrected chi connectivity index (χ1v) is 11.6. The van der Waals surface area contributed by atoms with Gasteiger partial charge in [0.15, 0.2) is 0 Å². The number of nitrogens with one attached hydrogen (secondary N) is 1. The molecule has 6 nitrogen and oxygen atoms in total. The van der Waals surface area contributed by atoms with Crippen LogP contribution in [0, 0.1) is 11.8 Å². The molecule has 0 spiro atoms. The number of nitrogens with zero attached hydrogens (tertiary/aromatic N) is 4. The van der Waals surface area contributed by atoms with Gasteiger partial charge in [0.25, 0.3) is 0 Å². The molecule has 1 aliphatic carbocycles. The van der Waals surface area contributed by atoms with Gasteiger partial charge in [-0.25, -0.2) is 0 Å². The Kier molecular flexibility index (Phi) is 6.34. The third-order valence-electron chi connectivity index (χ3n) is 7.43. The van der Waals surface area contributed by atoms with Gasteiger partial charge in [0.05, 0.1) is 6.54 Å². The SMILES string of the molecule is CC1CCCC(NC(=O)CN2CCCC(c3nnc4n3CCCCC4)C2)C1C. The predicted octanol–water partition coefficient (Wildman–Crippen LogP) is 3.12. The normalized spacial score (nSPS) is 31.8. The second kappa shape index (κ2) is 8.93. The number of hydrogen-bond acceptors (Lipinski definition) is 4. The third kappa shape index (κ3) is 4.42. The standard InChI is InChI=1S/C22H37N5O/c1-16-8-6-10-19(17(16)2)23-21(28)15-26-12-7-9-18(14-26)22-25-24-20-11-4-3-5-13-27(20)22/h16-19H,3-15H2,1-2H3,(H,23,28). The van der Waals surface area contributed by atoms with E-state index < -0.39 is 0 Å². The molecule has 1 saturated carbocycles. The molecule has 6 heteroatoms. The van der Waals surface area contributed by atoms with E-state index in [2.05, 4.69) is 38.8 Å². The minimum Gasteiger partial charge on any atom is -0.352 e. The fourth-order valence-electron chi connectivity index (χ4n) is 5.46. The second-order valence-electron chi connectivity index (χ2n) is 9.45. The number of hydrogen-bond donors (Lipinski definition) is 1. The van der Waals surface area contributed by atoms with Gasteiger partial charge in [-0.3, -0.25) is 9.69 Å². The fourth-order valence-corrected chi connectivity index (χ4v) is 5.46. The van der Waals surface area contributed by atoms with Crippen molar-refractivity contribution in [3.63, 3.8) is 0 Å². The lowest BCUT2D eigenvalue weighted by molar-refractivity contribution is -0.124. The molecule has 3 aliphatic rings. The first-order chi connectivity index (χ1) is 13.6. The Balaban J connectivity index is 1.34. The molecule has 4 unspecified atom stereocenters. The predicted molar refractivity (Wildman–Crippen MR) is 110 cm³/mol. The summed E-state index contributed by atoms with van der Waals surface area (Å²) in [5.41, 5.74) is 0. The van der Waals surface area contributed by atoms with Crippen LogP contribution in [0.15, 0.2) is 0 Å². The summed E-state index contributed by atoms with van der Waals surface area (Å²) in [6, 6.07) is 0.351. The van der Waals surface area contributed by atoms with Crippen LogP contribution in [0.5, 0.6) is 0 Å². The van der Waals surface area contributed by atoms with E-state index in [1.807, 2.05) is 0 Å². The summed E-state index contributed by atoms with van der Waals surface area (Å²) in [6.45, 7) is 8.15. The Morgan fingerprint density at radius 1 is 1.04 bits per heavy atom. The first kappa shape index (κ1) is 19.9. The molecule has 4 rings (SSSR count). The van der Waals surface area contributed by atoms with Gasteiger partial charge in [0.1, 0.15) is 11.6 Å². The first-order valence-electron chi connectivity index (χ1n) is 11.6. The van der Waals surface area contributed by atoms with Gasteiger partial charge in [0.2, 0.25) is 5.91 Å². The zero-order chi connectivity index (χ0) is 19.5. The van der Waals surface area contributed by atoms with Crippen LogP contribution in [0.1, 0.15) is 82.8 Å². The molecule has 0 radical (unpaired) electrons. The van der Waals surface area contributed by atoms with Crippen LogP contribution < -0.4 is 5.32 Å². The summed E-state index contributed by atoms with van der Waals surface area (Å²) in [5, 5.41) is 12.4. The zero-order valence-corrected chi connectivity index (χ0v) is 17.7. The average Bonchev–Trinajstić information content (AvgIpc) is 2.94. The quantitative estimate of drug-likeness (QED) is 0.862. The molecule has 2 aliphatic heterocycles. The van der Waals surface area contributed by atoms with Crippen LogP contribution in [-0.4, -0.2) is 51.2 Å². The van der Waals surface area contributed by atoms with Crippen LogP contribution in [0.3, 0.4) is 0 Å². The van der Waals surface area contributed by atoms with Crippen molar-refractivity contribution in [3.8, 4) is 0 Å². The molecule has 0 bridgehead atoms. The van der Waals surface area contributed by atoms with E-state index in [9.17, 15) is 4.79 Å². The number of likely N-dealkylation sites (tertiary alicyclic amines) is 1. The van der Waals surface area contributed by atoms with Gasteiger partial charge in [-0.2, -0.15) is 0 Å². The summed E-state index contributed by atoms with van der Waals surface area (Å²) in [7, 11) is 0. The highest BCUT2D eigenvalue weighted by atomic mass is 16.2. The highest BCUT2D eigenvalue weighted by Gasteiger charge is 2.31. The number of aryl methyl sites for hydroxylation is 1. The molecule has 1 amide bonds. The Labute approximate surface area is 169 Å². The Bertz CT molecular complexity index is 672. The van der Waals surface area contributed by atoms with E-state index in [-0.39, 0.29) is 5.91 Å². The van der Waals surface area contributed by atoms with Gasteiger partial charge < -0.3 is 9.88 Å². The number of piperidine rings is 1. The molecule has 0 aromatic carbocycles. The topological polar surface area (TPSA) is 63.1 Å². The second-order valence-corrected chi connectivity index (χ2v) is 9.45. The largest absolute Gasteiger partial charge is 0.352 e. The lowest BCUT2D eigenvalue weighted by atomic mass is 9.78. The number of aromatic nitrogens is 3. The highest BCUT2D eigenvalue weighted by molar-refractivity contribution is 5.78. The average molecular weight is 388 g/mol. The lowest BCUT2D eigenvalue weighted by Gasteiger charge is -2.36. The van der Waals surface area contributed by atoms with Crippen molar-refractivity contribution in [3.05, 3.63) is 11.6 Å². The Hall–Kier alpha value is -1.43. The fraction of sp³-hybridized carbons (Fsp3) is 0.864. The molecule has 2 fully saturated rings. The zero-order valence-electron chi connectivity index (χ0n) is 17.7. The highest BCUT2D eigenvalue weighted by Crippen LogP contribution is 2.30. The van der Waals surface area contributed by atoms with E-state index in [1.54, 1.807) is 0 Å². The number of carbonyl (C=O) groups excluding carboxylic acids is 1. The van der Waals surface area contributed by atoms with Gasteiger partial charge in [-0.1, -0.05) is 33.1 Å². The van der Waals surface area contributed by atoms with Crippen LogP contribution >= 0.6 is 0 Å². The van der Waals surface area contributed by atoms with Crippen LogP contribution in [0.2, 0.25) is 0 Å². The Morgan fingerprint density at radius 2 is 1.93 bits per heavy atom. The van der Waals surface area contributed by atoms with Crippen molar-refractivity contribution in [1.82, 2.24) is 25.0 Å². The van der Waals surface area contributed by atoms with Crippen LogP contribution in [-0.2, 0) is 17.8 Å². The summed E-state index contributed by atoms with van der Waals surface area (Å²) >= 11 is 0. The smallest absolute Gasteiger partial charge is 0.234 e. The van der Waals surface area contributed by atoms with Crippen molar-refractivity contribution < 1.29 is 4.79 Å². The van der Waals surface area contributed by atoms with Crippen molar-refractivity contribution in [2.45, 2.75) is 90.1 Å². The third-order valence-corrected chi connectivity index (χ3v) is 7.43. The van der Waals surface area contributed by atoms with Crippen molar-refractivity contribution >= 4 is 5.91 Å². The summed E-state index contributed by atoms with van der Waals surface area (Å²) in [5.74, 6) is 4.24. The summed E-state index contributed by atoms with van der Waals surface area (Å²) in [6.07, 6.45) is 10.8. The molecular weight excluding hydrogens is 350 g/mol. The minimum absolute atomic E-state index is 0.201. The molecule has 28 heavy (non-hydrogen) atoms. The van der Waals surface area contributed by atoms with E-state index >= 15 is 0 Å². The van der Waals surface area contributed by atoms with Crippen molar-refractivity contribution in [2.75, 3.05) is 19.6 Å². The van der Waals surface area contributed by atoms with Gasteiger partial charge in [-0.15, -0.1) is 10.2 Å². The molecule has 3 heterocycles. The van der Waals surface area contributed by atoms with Gasteiger partial charge in [0, 0.05) is 31.5 Å². The summed E-state index contributed by atoms with van der Waals surface area (Å²) < 4.78 is 2.38. The monoisotopic (exact) mass is 387 g/mol. The maximum Gasteiger partial charge on any atom is 0.234 e. The molecule has 4 atom stereocenters. The molecular formula is C22H37N5O. The van der Waals surface area contributed by atoms with E-state index in [4.69, 9.17) is 0 Å². The van der Waals surface area contributed by atoms with E-state index in [0.29, 0.717) is 30.3 Å². The number of carbonyl (C=O) groups is 1. The van der Waals surface area contributed by atoms with Crippen LogP contribution in [0.25, 0.3) is 0 Å². The number of amides is 1. The molecule has 1 N–H and O–H groups in total. The Morgan fingerprint density at radius 3 is 2.82 bits per heavy atom.